The Morgan fingerprint density at radius 1 is 1.17 bits per heavy atom. The first-order valence-corrected chi connectivity index (χ1v) is 10.1. The Morgan fingerprint density at radius 2 is 1.90 bits per heavy atom. The Labute approximate surface area is 177 Å². The number of nitrogens with one attached hydrogen (secondary N) is 2. The summed E-state index contributed by atoms with van der Waals surface area (Å²) in [7, 11) is -1.13. The fourth-order valence-electron chi connectivity index (χ4n) is 3.03. The summed E-state index contributed by atoms with van der Waals surface area (Å²) in [5, 5.41) is 15.9. The van der Waals surface area contributed by atoms with Gasteiger partial charge in [-0.15, -0.1) is 0 Å². The average molecular weight is 412 g/mol. The third-order valence-electron chi connectivity index (χ3n) is 4.43. The molecule has 2 rings (SSSR count). The Hall–Kier alpha value is -2.78. The zero-order chi connectivity index (χ0) is 21.9. The second kappa shape index (κ2) is 12.0. The molecule has 1 aromatic heterocycles. The molecule has 9 heteroatoms. The molecular formula is C21H29BN4O4. The highest BCUT2D eigenvalue weighted by Gasteiger charge is 2.32. The topological polar surface area (TPSA) is 113 Å². The maximum Gasteiger partial charge on any atom is 0.478 e. The van der Waals surface area contributed by atoms with Gasteiger partial charge in [0.1, 0.15) is 11.7 Å². The summed E-state index contributed by atoms with van der Waals surface area (Å²) in [6.07, 6.45) is 5.04. The van der Waals surface area contributed by atoms with Crippen LogP contribution in [0.1, 0.15) is 43.2 Å². The van der Waals surface area contributed by atoms with Gasteiger partial charge >= 0.3 is 7.12 Å². The van der Waals surface area contributed by atoms with E-state index in [4.69, 9.17) is 4.65 Å². The molecule has 0 spiro atoms. The minimum absolute atomic E-state index is 0.122. The Bertz CT molecular complexity index is 792. The minimum atomic E-state index is -1.13. The van der Waals surface area contributed by atoms with Gasteiger partial charge in [0.05, 0.1) is 12.1 Å². The second-order valence-corrected chi connectivity index (χ2v) is 7.40. The van der Waals surface area contributed by atoms with Crippen molar-refractivity contribution in [3.63, 3.8) is 0 Å². The van der Waals surface area contributed by atoms with Crippen molar-refractivity contribution in [2.45, 2.75) is 45.6 Å². The summed E-state index contributed by atoms with van der Waals surface area (Å²) >= 11 is 0. The van der Waals surface area contributed by atoms with Crippen LogP contribution >= 0.6 is 0 Å². The van der Waals surface area contributed by atoms with Gasteiger partial charge in [-0.1, -0.05) is 44.2 Å². The van der Waals surface area contributed by atoms with Crippen LogP contribution < -0.4 is 10.6 Å². The lowest BCUT2D eigenvalue weighted by atomic mass is 9.74. The van der Waals surface area contributed by atoms with Gasteiger partial charge in [0, 0.05) is 25.4 Å². The molecule has 0 saturated heterocycles. The van der Waals surface area contributed by atoms with E-state index in [1.54, 1.807) is 6.92 Å². The number of rotatable bonds is 11. The molecule has 0 aliphatic carbocycles. The standard InChI is InChI=1S/C21H29BN4O4/c1-4-30-22(29)19(12-15(2)3)26-20(27)17(13-16-8-6-5-7-9-16)25-21(28)18-14-23-10-11-24-18/h5-11,14-15,17,19,29H,4,12-13H2,1-3H3,(H,25,28)(H,26,27)/t17-,19?/m0/s1. The highest BCUT2D eigenvalue weighted by molar-refractivity contribution is 6.45. The number of hydrogen-bond donors (Lipinski definition) is 3. The fourth-order valence-corrected chi connectivity index (χ4v) is 3.03. The van der Waals surface area contributed by atoms with Crippen molar-refractivity contribution in [1.82, 2.24) is 20.6 Å². The van der Waals surface area contributed by atoms with Gasteiger partial charge in [-0.3, -0.25) is 14.6 Å². The Kier molecular flexibility index (Phi) is 9.43. The van der Waals surface area contributed by atoms with Crippen molar-refractivity contribution in [3.8, 4) is 0 Å². The lowest BCUT2D eigenvalue weighted by Crippen LogP contribution is -2.55. The smallest absolute Gasteiger partial charge is 0.426 e. The second-order valence-electron chi connectivity index (χ2n) is 7.40. The quantitative estimate of drug-likeness (QED) is 0.481. The summed E-state index contributed by atoms with van der Waals surface area (Å²) in [6, 6.07) is 8.54. The third kappa shape index (κ3) is 7.57. The molecule has 160 valence electrons. The first-order valence-electron chi connectivity index (χ1n) is 10.1. The Balaban J connectivity index is 2.18. The highest BCUT2D eigenvalue weighted by atomic mass is 16.5. The van der Waals surface area contributed by atoms with E-state index in [0.29, 0.717) is 13.0 Å². The average Bonchev–Trinajstić information content (AvgIpc) is 2.74. The van der Waals surface area contributed by atoms with E-state index in [0.717, 1.165) is 5.56 Å². The van der Waals surface area contributed by atoms with Crippen molar-refractivity contribution >= 4 is 18.9 Å². The van der Waals surface area contributed by atoms with Crippen molar-refractivity contribution in [2.24, 2.45) is 5.92 Å². The highest BCUT2D eigenvalue weighted by Crippen LogP contribution is 2.10. The Morgan fingerprint density at radius 3 is 2.50 bits per heavy atom. The lowest BCUT2D eigenvalue weighted by molar-refractivity contribution is -0.123. The van der Waals surface area contributed by atoms with Crippen LogP contribution in [0.2, 0.25) is 0 Å². The van der Waals surface area contributed by atoms with Gasteiger partial charge in [0.2, 0.25) is 5.91 Å². The van der Waals surface area contributed by atoms with Crippen molar-refractivity contribution in [1.29, 1.82) is 0 Å². The number of carbonyl (C=O) groups is 2. The fraction of sp³-hybridized carbons (Fsp3) is 0.429. The van der Waals surface area contributed by atoms with E-state index < -0.39 is 30.9 Å². The lowest BCUT2D eigenvalue weighted by Gasteiger charge is -2.25. The number of benzene rings is 1. The first-order chi connectivity index (χ1) is 14.4. The van der Waals surface area contributed by atoms with Crippen molar-refractivity contribution in [3.05, 3.63) is 60.2 Å². The molecule has 2 aromatic rings. The molecular weight excluding hydrogens is 383 g/mol. The van der Waals surface area contributed by atoms with Crippen LogP contribution in [0.15, 0.2) is 48.9 Å². The molecule has 0 aliphatic rings. The molecule has 2 atom stereocenters. The number of hydrogen-bond acceptors (Lipinski definition) is 6. The predicted octanol–water partition coefficient (Wildman–Crippen LogP) is 1.40. The zero-order valence-electron chi connectivity index (χ0n) is 17.6. The van der Waals surface area contributed by atoms with Gasteiger partial charge in [-0.25, -0.2) is 4.98 Å². The molecule has 1 heterocycles. The van der Waals surface area contributed by atoms with Gasteiger partial charge in [0.25, 0.3) is 5.91 Å². The maximum atomic E-state index is 13.1. The zero-order valence-corrected chi connectivity index (χ0v) is 17.6. The van der Waals surface area contributed by atoms with Crippen LogP contribution in [-0.4, -0.2) is 52.5 Å². The third-order valence-corrected chi connectivity index (χ3v) is 4.43. The van der Waals surface area contributed by atoms with Crippen molar-refractivity contribution < 1.29 is 19.3 Å². The van der Waals surface area contributed by atoms with Crippen LogP contribution in [0.3, 0.4) is 0 Å². The van der Waals surface area contributed by atoms with Gasteiger partial charge in [-0.2, -0.15) is 0 Å². The summed E-state index contributed by atoms with van der Waals surface area (Å²) in [6.45, 7) is 6.09. The molecule has 0 aliphatic heterocycles. The summed E-state index contributed by atoms with van der Waals surface area (Å²) < 4.78 is 5.29. The van der Waals surface area contributed by atoms with Gasteiger partial charge in [0.15, 0.2) is 0 Å². The molecule has 30 heavy (non-hydrogen) atoms. The maximum absolute atomic E-state index is 13.1. The van der Waals surface area contributed by atoms with Gasteiger partial charge < -0.3 is 20.3 Å². The molecule has 0 radical (unpaired) electrons. The van der Waals surface area contributed by atoms with Gasteiger partial charge in [-0.05, 0) is 24.8 Å². The molecule has 1 aromatic carbocycles. The molecule has 0 saturated carbocycles. The predicted molar refractivity (Wildman–Crippen MR) is 114 cm³/mol. The number of amides is 2. The molecule has 1 unspecified atom stereocenters. The number of aromatic nitrogens is 2. The molecule has 2 amide bonds. The normalized spacial score (nSPS) is 12.8. The summed E-state index contributed by atoms with van der Waals surface area (Å²) in [5.74, 6) is -1.26. The van der Waals surface area contributed by atoms with Crippen LogP contribution in [0.5, 0.6) is 0 Å². The largest absolute Gasteiger partial charge is 0.478 e. The monoisotopic (exact) mass is 412 g/mol. The molecule has 0 bridgehead atoms. The van der Waals surface area contributed by atoms with E-state index >= 15 is 0 Å². The van der Waals surface area contributed by atoms with Crippen LogP contribution in [0, 0.1) is 5.92 Å². The molecule has 3 N–H and O–H groups in total. The van der Waals surface area contributed by atoms with E-state index in [1.807, 2.05) is 44.2 Å². The minimum Gasteiger partial charge on any atom is -0.426 e. The van der Waals surface area contributed by atoms with E-state index in [9.17, 15) is 14.6 Å². The van der Waals surface area contributed by atoms with Crippen LogP contribution in [-0.2, 0) is 15.9 Å². The van der Waals surface area contributed by atoms with E-state index in [2.05, 4.69) is 20.6 Å². The molecule has 0 fully saturated rings. The number of carbonyl (C=O) groups excluding carboxylic acids is 2. The summed E-state index contributed by atoms with van der Waals surface area (Å²) in [5.41, 5.74) is 1.01. The van der Waals surface area contributed by atoms with Crippen molar-refractivity contribution in [2.75, 3.05) is 6.61 Å². The van der Waals surface area contributed by atoms with Crippen LogP contribution in [0.4, 0.5) is 0 Å². The summed E-state index contributed by atoms with van der Waals surface area (Å²) in [4.78, 5) is 33.5. The number of nitrogens with zero attached hydrogens (tertiary/aromatic N) is 2. The first kappa shape index (κ1) is 23.5. The molecule has 8 nitrogen and oxygen atoms in total. The van der Waals surface area contributed by atoms with E-state index in [1.165, 1.54) is 18.6 Å². The van der Waals surface area contributed by atoms with Crippen LogP contribution in [0.25, 0.3) is 0 Å². The van der Waals surface area contributed by atoms with E-state index in [-0.39, 0.29) is 18.0 Å². The SMILES string of the molecule is CCOB(O)C(CC(C)C)NC(=O)[C@H](Cc1ccccc1)NC(=O)c1cnccn1.